The second-order valence-corrected chi connectivity index (χ2v) is 7.12. The molecule has 0 bridgehead atoms. The fourth-order valence-electron chi connectivity index (χ4n) is 1.77. The fraction of sp³-hybridized carbons (Fsp3) is 0.562. The summed E-state index contributed by atoms with van der Waals surface area (Å²) in [5.74, 6) is 0. The zero-order chi connectivity index (χ0) is 15.0. The van der Waals surface area contributed by atoms with E-state index in [1.54, 1.807) is 5.06 Å². The molecule has 1 aliphatic rings. The van der Waals surface area contributed by atoms with E-state index < -0.39 is 0 Å². The molecule has 1 saturated heterocycles. The predicted molar refractivity (Wildman–Crippen MR) is 80.5 cm³/mol. The molecule has 1 heterocycles. The Kier molecular flexibility index (Phi) is 3.78. The molecule has 0 aliphatic carbocycles. The largest absolute Gasteiger partial charge is 0.431 e. The summed E-state index contributed by atoms with van der Waals surface area (Å²) in [6.07, 6.45) is -0.329. The average molecular weight is 276 g/mol. The maximum atomic E-state index is 5.96. The third-order valence-electron chi connectivity index (χ3n) is 2.88. The molecule has 110 valence electrons. The lowest BCUT2D eigenvalue weighted by Gasteiger charge is -2.30. The van der Waals surface area contributed by atoms with Gasteiger partial charge in [-0.3, -0.25) is 0 Å². The highest BCUT2D eigenvalue weighted by molar-refractivity contribution is 5.78. The second-order valence-electron chi connectivity index (χ2n) is 7.12. The standard InChI is InChI=1S/C16H24N2O2/c1-15(2,3)13-19-14(18(20-13)16(4,5)6)17-12-10-8-7-9-11-12/h7-11,13H,1-6H3. The van der Waals surface area contributed by atoms with Gasteiger partial charge in [0.25, 0.3) is 0 Å². The minimum Gasteiger partial charge on any atom is -0.431 e. The number of rotatable bonds is 1. The summed E-state index contributed by atoms with van der Waals surface area (Å²) in [4.78, 5) is 10.5. The molecule has 4 nitrogen and oxygen atoms in total. The zero-order valence-electron chi connectivity index (χ0n) is 13.2. The van der Waals surface area contributed by atoms with E-state index in [9.17, 15) is 0 Å². The fourth-order valence-corrected chi connectivity index (χ4v) is 1.77. The van der Waals surface area contributed by atoms with Gasteiger partial charge in [-0.15, -0.1) is 0 Å². The Balaban J connectivity index is 2.32. The van der Waals surface area contributed by atoms with Crippen molar-refractivity contribution in [2.24, 2.45) is 10.4 Å². The van der Waals surface area contributed by atoms with Gasteiger partial charge in [0.2, 0.25) is 6.29 Å². The first-order chi connectivity index (χ1) is 9.18. The van der Waals surface area contributed by atoms with Gasteiger partial charge in [-0.2, -0.15) is 10.1 Å². The summed E-state index contributed by atoms with van der Waals surface area (Å²) in [6.45, 7) is 12.5. The number of hydroxylamine groups is 2. The Morgan fingerprint density at radius 1 is 1.00 bits per heavy atom. The van der Waals surface area contributed by atoms with E-state index in [2.05, 4.69) is 46.5 Å². The van der Waals surface area contributed by atoms with Crippen molar-refractivity contribution >= 4 is 11.7 Å². The van der Waals surface area contributed by atoms with Crippen molar-refractivity contribution in [1.82, 2.24) is 5.06 Å². The molecular formula is C16H24N2O2. The van der Waals surface area contributed by atoms with E-state index in [1.165, 1.54) is 0 Å². The normalized spacial score (nSPS) is 22.2. The van der Waals surface area contributed by atoms with Crippen LogP contribution in [0.15, 0.2) is 35.3 Å². The topological polar surface area (TPSA) is 34.1 Å². The maximum absolute atomic E-state index is 5.96. The second kappa shape index (κ2) is 5.09. The van der Waals surface area contributed by atoms with Crippen LogP contribution in [0, 0.1) is 5.41 Å². The van der Waals surface area contributed by atoms with Gasteiger partial charge >= 0.3 is 6.02 Å². The average Bonchev–Trinajstić information content (AvgIpc) is 2.74. The highest BCUT2D eigenvalue weighted by atomic mass is 16.9. The predicted octanol–water partition coefficient (Wildman–Crippen LogP) is 4.11. The van der Waals surface area contributed by atoms with Crippen LogP contribution < -0.4 is 0 Å². The molecule has 0 aromatic heterocycles. The third kappa shape index (κ3) is 3.31. The maximum Gasteiger partial charge on any atom is 0.320 e. The number of para-hydroxylation sites is 1. The summed E-state index contributed by atoms with van der Waals surface area (Å²) >= 11 is 0. The van der Waals surface area contributed by atoms with Gasteiger partial charge in [0, 0.05) is 5.41 Å². The quantitative estimate of drug-likeness (QED) is 0.774. The van der Waals surface area contributed by atoms with Gasteiger partial charge in [0.15, 0.2) is 0 Å². The summed E-state index contributed by atoms with van der Waals surface area (Å²) < 4.78 is 5.92. The van der Waals surface area contributed by atoms with Crippen LogP contribution in [0.4, 0.5) is 5.69 Å². The molecule has 1 atom stereocenters. The van der Waals surface area contributed by atoms with Crippen LogP contribution in [0.3, 0.4) is 0 Å². The van der Waals surface area contributed by atoms with E-state index in [0.29, 0.717) is 6.02 Å². The van der Waals surface area contributed by atoms with Crippen molar-refractivity contribution in [3.05, 3.63) is 30.3 Å². The van der Waals surface area contributed by atoms with E-state index >= 15 is 0 Å². The first-order valence-electron chi connectivity index (χ1n) is 6.95. The van der Waals surface area contributed by atoms with Crippen LogP contribution in [0.25, 0.3) is 0 Å². The van der Waals surface area contributed by atoms with Crippen molar-refractivity contribution < 1.29 is 9.57 Å². The van der Waals surface area contributed by atoms with Crippen molar-refractivity contribution in [2.75, 3.05) is 0 Å². The number of hydrogen-bond acceptors (Lipinski definition) is 3. The molecule has 1 aromatic rings. The van der Waals surface area contributed by atoms with Gasteiger partial charge in [-0.1, -0.05) is 39.0 Å². The Hall–Kier alpha value is -1.55. The molecule has 0 spiro atoms. The van der Waals surface area contributed by atoms with Gasteiger partial charge < -0.3 is 4.74 Å². The first-order valence-corrected chi connectivity index (χ1v) is 6.95. The molecule has 1 aromatic carbocycles. The lowest BCUT2D eigenvalue weighted by Crippen LogP contribution is -2.42. The molecular weight excluding hydrogens is 252 g/mol. The number of nitrogens with zero attached hydrogens (tertiary/aromatic N) is 2. The molecule has 20 heavy (non-hydrogen) atoms. The minimum atomic E-state index is -0.329. The van der Waals surface area contributed by atoms with Gasteiger partial charge in [-0.25, -0.2) is 4.84 Å². The molecule has 1 fully saturated rings. The monoisotopic (exact) mass is 276 g/mol. The lowest BCUT2D eigenvalue weighted by atomic mass is 9.96. The van der Waals surface area contributed by atoms with E-state index in [-0.39, 0.29) is 17.2 Å². The molecule has 0 N–H and O–H groups in total. The molecule has 2 rings (SSSR count). The van der Waals surface area contributed by atoms with E-state index in [4.69, 9.17) is 9.57 Å². The number of benzene rings is 1. The highest BCUT2D eigenvalue weighted by Gasteiger charge is 2.43. The molecule has 0 saturated carbocycles. The third-order valence-corrected chi connectivity index (χ3v) is 2.88. The Morgan fingerprint density at radius 3 is 2.10 bits per heavy atom. The molecule has 0 radical (unpaired) electrons. The van der Waals surface area contributed by atoms with Crippen LogP contribution in [-0.4, -0.2) is 22.9 Å². The number of amidine groups is 1. The van der Waals surface area contributed by atoms with Crippen LogP contribution >= 0.6 is 0 Å². The van der Waals surface area contributed by atoms with Crippen LogP contribution in [0.2, 0.25) is 0 Å². The van der Waals surface area contributed by atoms with Crippen molar-refractivity contribution in [3.8, 4) is 0 Å². The highest BCUT2D eigenvalue weighted by Crippen LogP contribution is 2.33. The van der Waals surface area contributed by atoms with Gasteiger partial charge in [0.1, 0.15) is 0 Å². The Morgan fingerprint density at radius 2 is 1.60 bits per heavy atom. The number of aliphatic imine (C=N–C) groups is 1. The van der Waals surface area contributed by atoms with Crippen LogP contribution in [-0.2, 0) is 9.57 Å². The molecule has 1 unspecified atom stereocenters. The SMILES string of the molecule is CC(C)(C)C1OC(=Nc2ccccc2)N(C(C)(C)C)O1. The van der Waals surface area contributed by atoms with Gasteiger partial charge in [-0.05, 0) is 32.9 Å². The van der Waals surface area contributed by atoms with Crippen LogP contribution in [0.1, 0.15) is 41.5 Å². The number of ether oxygens (including phenoxy) is 1. The van der Waals surface area contributed by atoms with Crippen molar-refractivity contribution in [2.45, 2.75) is 53.4 Å². The number of hydrogen-bond donors (Lipinski definition) is 0. The van der Waals surface area contributed by atoms with E-state index in [0.717, 1.165) is 5.69 Å². The summed E-state index contributed by atoms with van der Waals surface area (Å²) in [6, 6.07) is 10.3. The molecule has 4 heteroatoms. The zero-order valence-corrected chi connectivity index (χ0v) is 13.2. The molecule has 0 amide bonds. The van der Waals surface area contributed by atoms with Crippen molar-refractivity contribution in [1.29, 1.82) is 0 Å². The summed E-state index contributed by atoms with van der Waals surface area (Å²) in [5, 5.41) is 1.76. The first kappa shape index (κ1) is 14.9. The van der Waals surface area contributed by atoms with E-state index in [1.807, 2.05) is 30.3 Å². The minimum absolute atomic E-state index is 0.114. The Labute approximate surface area is 121 Å². The lowest BCUT2D eigenvalue weighted by molar-refractivity contribution is -0.223. The van der Waals surface area contributed by atoms with Gasteiger partial charge in [0.05, 0.1) is 11.2 Å². The summed E-state index contributed by atoms with van der Waals surface area (Å²) in [7, 11) is 0. The van der Waals surface area contributed by atoms with Crippen molar-refractivity contribution in [3.63, 3.8) is 0 Å². The van der Waals surface area contributed by atoms with Crippen LogP contribution in [0.5, 0.6) is 0 Å². The Bertz CT molecular complexity index is 483. The molecule has 1 aliphatic heterocycles. The smallest absolute Gasteiger partial charge is 0.320 e. The summed E-state index contributed by atoms with van der Waals surface area (Å²) in [5.41, 5.74) is 0.528.